The van der Waals surface area contributed by atoms with Gasteiger partial charge < -0.3 is 10.2 Å². The maximum absolute atomic E-state index is 4.46. The van der Waals surface area contributed by atoms with Gasteiger partial charge >= 0.3 is 0 Å². The molecule has 88 valence electrons. The summed E-state index contributed by atoms with van der Waals surface area (Å²) >= 11 is 3.41. The van der Waals surface area contributed by atoms with Gasteiger partial charge in [0.2, 0.25) is 0 Å². The van der Waals surface area contributed by atoms with E-state index in [1.807, 2.05) is 12.1 Å². The summed E-state index contributed by atoms with van der Waals surface area (Å²) < 4.78 is 0.901. The maximum atomic E-state index is 4.46. The molecule has 16 heavy (non-hydrogen) atoms. The molecule has 0 spiro atoms. The summed E-state index contributed by atoms with van der Waals surface area (Å²) in [6.07, 6.45) is 2.62. The molecule has 2 rings (SSSR count). The van der Waals surface area contributed by atoms with Gasteiger partial charge in [-0.05, 0) is 59.9 Å². The number of nitrogens with one attached hydrogen (secondary N) is 1. The van der Waals surface area contributed by atoms with Crippen molar-refractivity contribution in [2.45, 2.75) is 12.8 Å². The van der Waals surface area contributed by atoms with E-state index in [0.29, 0.717) is 0 Å². The topological polar surface area (TPSA) is 28.2 Å². The van der Waals surface area contributed by atoms with Crippen molar-refractivity contribution in [2.75, 3.05) is 31.6 Å². The van der Waals surface area contributed by atoms with Crippen LogP contribution in [0.25, 0.3) is 0 Å². The maximum Gasteiger partial charge on any atom is 0.129 e. The summed E-state index contributed by atoms with van der Waals surface area (Å²) in [6, 6.07) is 6.04. The van der Waals surface area contributed by atoms with Crippen LogP contribution in [-0.4, -0.2) is 31.7 Å². The van der Waals surface area contributed by atoms with Gasteiger partial charge in [0.25, 0.3) is 0 Å². The van der Waals surface area contributed by atoms with E-state index in [9.17, 15) is 0 Å². The first-order valence-electron chi connectivity index (χ1n) is 5.80. The minimum atomic E-state index is 0.750. The van der Waals surface area contributed by atoms with Gasteiger partial charge in [0.1, 0.15) is 10.4 Å². The van der Waals surface area contributed by atoms with E-state index in [4.69, 9.17) is 0 Å². The number of piperidine rings is 1. The standard InChI is InChI=1S/C12H18BrN3/c1-16(9-10-4-3-7-14-8-10)12-6-2-5-11(13)15-12/h2,5-6,10,14H,3-4,7-9H2,1H3/t10-/m1/s1. The van der Waals surface area contributed by atoms with Crippen molar-refractivity contribution in [3.05, 3.63) is 22.8 Å². The number of halogens is 1. The fourth-order valence-electron chi connectivity index (χ4n) is 2.17. The first-order valence-corrected chi connectivity index (χ1v) is 6.59. The molecule has 1 atom stereocenters. The van der Waals surface area contributed by atoms with Gasteiger partial charge in [0, 0.05) is 13.6 Å². The van der Waals surface area contributed by atoms with Gasteiger partial charge in [-0.15, -0.1) is 0 Å². The van der Waals surface area contributed by atoms with E-state index in [1.54, 1.807) is 0 Å². The molecule has 0 radical (unpaired) electrons. The van der Waals surface area contributed by atoms with Crippen LogP contribution in [0.3, 0.4) is 0 Å². The lowest BCUT2D eigenvalue weighted by Crippen LogP contribution is -2.37. The number of hydrogen-bond acceptors (Lipinski definition) is 3. The Kier molecular flexibility index (Phi) is 4.18. The molecule has 1 aromatic rings. The molecule has 1 aromatic heterocycles. The van der Waals surface area contributed by atoms with E-state index in [0.717, 1.165) is 29.4 Å². The Balaban J connectivity index is 1.94. The number of hydrogen-bond donors (Lipinski definition) is 1. The van der Waals surface area contributed by atoms with Crippen LogP contribution in [0.4, 0.5) is 5.82 Å². The average molecular weight is 284 g/mol. The lowest BCUT2D eigenvalue weighted by Gasteiger charge is -2.28. The molecule has 1 saturated heterocycles. The Bertz CT molecular complexity index is 337. The average Bonchev–Trinajstić information content (AvgIpc) is 2.30. The Morgan fingerprint density at radius 2 is 2.44 bits per heavy atom. The highest BCUT2D eigenvalue weighted by molar-refractivity contribution is 9.10. The van der Waals surface area contributed by atoms with Gasteiger partial charge in [0.05, 0.1) is 0 Å². The van der Waals surface area contributed by atoms with Crippen LogP contribution in [0.2, 0.25) is 0 Å². The molecule has 4 heteroatoms. The van der Waals surface area contributed by atoms with E-state index >= 15 is 0 Å². The Morgan fingerprint density at radius 1 is 1.56 bits per heavy atom. The highest BCUT2D eigenvalue weighted by atomic mass is 79.9. The van der Waals surface area contributed by atoms with Crippen LogP contribution in [0.1, 0.15) is 12.8 Å². The number of aromatic nitrogens is 1. The first-order chi connectivity index (χ1) is 7.75. The first kappa shape index (κ1) is 11.9. The summed E-state index contributed by atoms with van der Waals surface area (Å²) in [7, 11) is 2.11. The molecule has 2 heterocycles. The van der Waals surface area contributed by atoms with Crippen LogP contribution in [0, 0.1) is 5.92 Å². The number of pyridine rings is 1. The third-order valence-electron chi connectivity index (χ3n) is 3.02. The zero-order chi connectivity index (χ0) is 11.4. The largest absolute Gasteiger partial charge is 0.359 e. The normalized spacial score (nSPS) is 20.8. The second-order valence-corrected chi connectivity index (χ2v) is 5.22. The molecule has 1 N–H and O–H groups in total. The van der Waals surface area contributed by atoms with Gasteiger partial charge in [-0.25, -0.2) is 4.98 Å². The van der Waals surface area contributed by atoms with Gasteiger partial charge in [0.15, 0.2) is 0 Å². The molecule has 1 aliphatic rings. The van der Waals surface area contributed by atoms with Crippen LogP contribution in [0.5, 0.6) is 0 Å². The van der Waals surface area contributed by atoms with Crippen molar-refractivity contribution >= 4 is 21.7 Å². The fraction of sp³-hybridized carbons (Fsp3) is 0.583. The highest BCUT2D eigenvalue weighted by Crippen LogP contribution is 2.17. The van der Waals surface area contributed by atoms with Crippen molar-refractivity contribution in [3.63, 3.8) is 0 Å². The van der Waals surface area contributed by atoms with Gasteiger partial charge in [-0.2, -0.15) is 0 Å². The lowest BCUT2D eigenvalue weighted by molar-refractivity contribution is 0.380. The zero-order valence-electron chi connectivity index (χ0n) is 9.62. The highest BCUT2D eigenvalue weighted by Gasteiger charge is 2.15. The summed E-state index contributed by atoms with van der Waals surface area (Å²) in [5.41, 5.74) is 0. The van der Waals surface area contributed by atoms with Crippen molar-refractivity contribution in [2.24, 2.45) is 5.92 Å². The van der Waals surface area contributed by atoms with Gasteiger partial charge in [-0.3, -0.25) is 0 Å². The van der Waals surface area contributed by atoms with Crippen molar-refractivity contribution < 1.29 is 0 Å². The zero-order valence-corrected chi connectivity index (χ0v) is 11.2. The van der Waals surface area contributed by atoms with Crippen molar-refractivity contribution in [1.29, 1.82) is 0 Å². The third kappa shape index (κ3) is 3.19. The molecule has 0 amide bonds. The molecule has 0 aliphatic carbocycles. The fourth-order valence-corrected chi connectivity index (χ4v) is 2.51. The summed E-state index contributed by atoms with van der Waals surface area (Å²) in [5.74, 6) is 1.79. The summed E-state index contributed by atoms with van der Waals surface area (Å²) in [4.78, 5) is 6.70. The molecule has 3 nitrogen and oxygen atoms in total. The Hall–Kier alpha value is -0.610. The van der Waals surface area contributed by atoms with Gasteiger partial charge in [-0.1, -0.05) is 6.07 Å². The summed E-state index contributed by atoms with van der Waals surface area (Å²) in [5, 5.41) is 3.45. The molecule has 0 aromatic carbocycles. The van der Waals surface area contributed by atoms with Crippen LogP contribution in [0.15, 0.2) is 22.8 Å². The molecule has 1 aliphatic heterocycles. The van der Waals surface area contributed by atoms with E-state index in [2.05, 4.69) is 44.2 Å². The minimum absolute atomic E-state index is 0.750. The predicted molar refractivity (Wildman–Crippen MR) is 70.8 cm³/mol. The number of anilines is 1. The molecular formula is C12H18BrN3. The molecular weight excluding hydrogens is 266 g/mol. The molecule has 0 saturated carbocycles. The Labute approximate surface area is 105 Å². The predicted octanol–water partition coefficient (Wildman–Crippen LogP) is 2.28. The quantitative estimate of drug-likeness (QED) is 0.863. The minimum Gasteiger partial charge on any atom is -0.359 e. The second-order valence-electron chi connectivity index (χ2n) is 4.41. The monoisotopic (exact) mass is 283 g/mol. The van der Waals surface area contributed by atoms with E-state index in [1.165, 1.54) is 19.4 Å². The van der Waals surface area contributed by atoms with Crippen LogP contribution < -0.4 is 10.2 Å². The van der Waals surface area contributed by atoms with Crippen molar-refractivity contribution in [3.8, 4) is 0 Å². The van der Waals surface area contributed by atoms with E-state index < -0.39 is 0 Å². The Morgan fingerprint density at radius 3 is 3.12 bits per heavy atom. The molecule has 1 fully saturated rings. The van der Waals surface area contributed by atoms with Crippen molar-refractivity contribution in [1.82, 2.24) is 10.3 Å². The number of rotatable bonds is 3. The molecule has 0 unspecified atom stereocenters. The summed E-state index contributed by atoms with van der Waals surface area (Å²) in [6.45, 7) is 3.39. The number of nitrogens with zero attached hydrogens (tertiary/aromatic N) is 2. The molecule has 0 bridgehead atoms. The smallest absolute Gasteiger partial charge is 0.129 e. The van der Waals surface area contributed by atoms with E-state index in [-0.39, 0.29) is 0 Å². The van der Waals surface area contributed by atoms with Crippen LogP contribution >= 0.6 is 15.9 Å². The second kappa shape index (κ2) is 5.64. The van der Waals surface area contributed by atoms with Crippen LogP contribution in [-0.2, 0) is 0 Å². The SMILES string of the molecule is CN(C[C@@H]1CCCNC1)c1cccc(Br)n1. The lowest BCUT2D eigenvalue weighted by atomic mass is 9.99. The third-order valence-corrected chi connectivity index (χ3v) is 3.46.